The van der Waals surface area contributed by atoms with Gasteiger partial charge >= 0.3 is 5.97 Å². The van der Waals surface area contributed by atoms with Gasteiger partial charge in [0.25, 0.3) is 0 Å². The van der Waals surface area contributed by atoms with Crippen molar-refractivity contribution in [3.05, 3.63) is 64.7 Å². The molecule has 0 fully saturated rings. The van der Waals surface area contributed by atoms with Crippen LogP contribution in [0.4, 0.5) is 5.69 Å². The van der Waals surface area contributed by atoms with Crippen LogP contribution >= 0.6 is 11.6 Å². The van der Waals surface area contributed by atoms with Crippen LogP contribution in [0.25, 0.3) is 0 Å². The Bertz CT molecular complexity index is 849. The van der Waals surface area contributed by atoms with Gasteiger partial charge in [-0.15, -0.1) is 0 Å². The lowest BCUT2D eigenvalue weighted by atomic mass is 10.00. The topological polar surface area (TPSA) is 59.0 Å². The maximum atomic E-state index is 12.7. The van der Waals surface area contributed by atoms with Crippen LogP contribution < -0.4 is 4.90 Å². The molecule has 1 aliphatic rings. The lowest BCUT2D eigenvalue weighted by Crippen LogP contribution is -2.33. The van der Waals surface area contributed by atoms with E-state index in [1.54, 1.807) is 11.0 Å². The molecule has 1 aliphatic heterocycles. The Labute approximate surface area is 157 Å². The fraction of sp³-hybridized carbons (Fsp3) is 0.250. The fourth-order valence-corrected chi connectivity index (χ4v) is 3.13. The number of ether oxygens (including phenoxy) is 1. The number of anilines is 1. The van der Waals surface area contributed by atoms with E-state index in [4.69, 9.17) is 11.6 Å². The molecule has 0 N–H and O–H groups in total. The number of fused-ring (bicyclic) bond motifs is 1. The number of hydrogen-bond donors (Lipinski definition) is 0. The standard InChI is InChI=1S/C20H19ClN2O3/c1-26-19(25)8-5-11-23-17-10-9-15(21)12-16(17)20(22-13-18(23)24)14-6-3-2-4-7-14/h2-4,6-7,9-10,12H,5,8,11,13H2,1H3. The summed E-state index contributed by atoms with van der Waals surface area (Å²) in [6.45, 7) is 0.467. The lowest BCUT2D eigenvalue weighted by Gasteiger charge is -2.23. The minimum Gasteiger partial charge on any atom is -0.469 e. The van der Waals surface area contributed by atoms with Crippen LogP contribution in [0.1, 0.15) is 24.0 Å². The van der Waals surface area contributed by atoms with E-state index in [1.807, 2.05) is 42.5 Å². The second kappa shape index (κ2) is 8.15. The number of methoxy groups -OCH3 is 1. The molecule has 0 aromatic heterocycles. The highest BCUT2D eigenvalue weighted by atomic mass is 35.5. The fourth-order valence-electron chi connectivity index (χ4n) is 2.96. The predicted molar refractivity (Wildman–Crippen MR) is 102 cm³/mol. The predicted octanol–water partition coefficient (Wildman–Crippen LogP) is 3.48. The Morgan fingerprint density at radius 1 is 1.23 bits per heavy atom. The van der Waals surface area contributed by atoms with Crippen molar-refractivity contribution >= 4 is 34.9 Å². The van der Waals surface area contributed by atoms with Gasteiger partial charge in [0, 0.05) is 29.1 Å². The van der Waals surface area contributed by atoms with E-state index in [-0.39, 0.29) is 24.8 Å². The summed E-state index contributed by atoms with van der Waals surface area (Å²) in [4.78, 5) is 30.2. The highest BCUT2D eigenvalue weighted by molar-refractivity contribution is 6.32. The quantitative estimate of drug-likeness (QED) is 0.757. The van der Waals surface area contributed by atoms with Gasteiger partial charge in [0.15, 0.2) is 0 Å². The monoisotopic (exact) mass is 370 g/mol. The number of benzene rings is 2. The maximum Gasteiger partial charge on any atom is 0.305 e. The molecule has 0 aliphatic carbocycles. The first-order valence-electron chi connectivity index (χ1n) is 8.37. The Morgan fingerprint density at radius 3 is 2.73 bits per heavy atom. The van der Waals surface area contributed by atoms with E-state index in [0.717, 1.165) is 22.5 Å². The molecular weight excluding hydrogens is 352 g/mol. The minimum atomic E-state index is -0.287. The summed E-state index contributed by atoms with van der Waals surface area (Å²) in [5.41, 5.74) is 3.24. The third-order valence-corrected chi connectivity index (χ3v) is 4.45. The van der Waals surface area contributed by atoms with Gasteiger partial charge in [-0.25, -0.2) is 0 Å². The van der Waals surface area contributed by atoms with Gasteiger partial charge in [0.2, 0.25) is 5.91 Å². The number of hydrogen-bond acceptors (Lipinski definition) is 4. The number of benzodiazepines with no additional fused rings is 1. The number of aliphatic imine (C=N–C) groups is 1. The van der Waals surface area contributed by atoms with Crippen LogP contribution in [0, 0.1) is 0 Å². The van der Waals surface area contributed by atoms with E-state index in [9.17, 15) is 9.59 Å². The first-order chi connectivity index (χ1) is 12.6. The van der Waals surface area contributed by atoms with E-state index in [0.29, 0.717) is 18.0 Å². The van der Waals surface area contributed by atoms with Crippen molar-refractivity contribution in [2.75, 3.05) is 25.1 Å². The summed E-state index contributed by atoms with van der Waals surface area (Å²) in [5, 5.41) is 0.580. The normalized spacial score (nSPS) is 13.7. The minimum absolute atomic E-state index is 0.0503. The largest absolute Gasteiger partial charge is 0.469 e. The number of carbonyl (C=O) groups excluding carboxylic acids is 2. The SMILES string of the molecule is COC(=O)CCCN1C(=O)CN=C(c2ccccc2)c2cc(Cl)ccc21. The number of halogens is 1. The zero-order chi connectivity index (χ0) is 18.5. The van der Waals surface area contributed by atoms with E-state index in [2.05, 4.69) is 9.73 Å². The Balaban J connectivity index is 1.97. The first kappa shape index (κ1) is 18.1. The number of nitrogens with zero attached hydrogens (tertiary/aromatic N) is 2. The van der Waals surface area contributed by atoms with Gasteiger partial charge in [-0.3, -0.25) is 14.6 Å². The van der Waals surface area contributed by atoms with Crippen LogP contribution in [0.3, 0.4) is 0 Å². The van der Waals surface area contributed by atoms with Crippen molar-refractivity contribution in [1.82, 2.24) is 0 Å². The summed E-state index contributed by atoms with van der Waals surface area (Å²) in [5.74, 6) is -0.394. The molecule has 0 spiro atoms. The van der Waals surface area contributed by atoms with Crippen LogP contribution in [0.2, 0.25) is 5.02 Å². The summed E-state index contributed by atoms with van der Waals surface area (Å²) in [6.07, 6.45) is 0.775. The lowest BCUT2D eigenvalue weighted by molar-refractivity contribution is -0.140. The molecule has 0 radical (unpaired) electrons. The molecule has 1 amide bonds. The van der Waals surface area contributed by atoms with Crippen LogP contribution in [-0.2, 0) is 14.3 Å². The van der Waals surface area contributed by atoms with E-state index < -0.39 is 0 Å². The van der Waals surface area contributed by atoms with Gasteiger partial charge in [-0.2, -0.15) is 0 Å². The van der Waals surface area contributed by atoms with Crippen LogP contribution in [-0.4, -0.2) is 37.8 Å². The summed E-state index contributed by atoms with van der Waals surface area (Å²) >= 11 is 6.21. The third kappa shape index (κ3) is 3.94. The number of amides is 1. The number of carbonyl (C=O) groups is 2. The Morgan fingerprint density at radius 2 is 2.00 bits per heavy atom. The molecule has 3 rings (SSSR count). The van der Waals surface area contributed by atoms with Crippen molar-refractivity contribution in [1.29, 1.82) is 0 Å². The number of rotatable bonds is 5. The second-order valence-corrected chi connectivity index (χ2v) is 6.35. The molecule has 1 heterocycles. The molecular formula is C20H19ClN2O3. The van der Waals surface area contributed by atoms with Crippen molar-refractivity contribution in [3.63, 3.8) is 0 Å². The van der Waals surface area contributed by atoms with Gasteiger partial charge in [0.1, 0.15) is 6.54 Å². The molecule has 26 heavy (non-hydrogen) atoms. The van der Waals surface area contributed by atoms with Crippen LogP contribution in [0.15, 0.2) is 53.5 Å². The van der Waals surface area contributed by atoms with Gasteiger partial charge in [-0.05, 0) is 24.6 Å². The second-order valence-electron chi connectivity index (χ2n) is 5.92. The maximum absolute atomic E-state index is 12.7. The highest BCUT2D eigenvalue weighted by Crippen LogP contribution is 2.29. The molecule has 0 saturated carbocycles. The average Bonchev–Trinajstić information content (AvgIpc) is 2.79. The molecule has 0 bridgehead atoms. The number of esters is 1. The summed E-state index contributed by atoms with van der Waals surface area (Å²) < 4.78 is 4.67. The molecule has 6 heteroatoms. The van der Waals surface area contributed by atoms with E-state index in [1.165, 1.54) is 7.11 Å². The van der Waals surface area contributed by atoms with Crippen molar-refractivity contribution in [2.24, 2.45) is 4.99 Å². The average molecular weight is 371 g/mol. The molecule has 0 atom stereocenters. The molecule has 5 nitrogen and oxygen atoms in total. The molecule has 2 aromatic carbocycles. The molecule has 2 aromatic rings. The molecule has 134 valence electrons. The molecule has 0 saturated heterocycles. The van der Waals surface area contributed by atoms with Gasteiger partial charge < -0.3 is 9.64 Å². The first-order valence-corrected chi connectivity index (χ1v) is 8.75. The zero-order valence-electron chi connectivity index (χ0n) is 14.4. The van der Waals surface area contributed by atoms with Crippen molar-refractivity contribution in [3.8, 4) is 0 Å². The van der Waals surface area contributed by atoms with Crippen LogP contribution in [0.5, 0.6) is 0 Å². The Kier molecular flexibility index (Phi) is 5.68. The zero-order valence-corrected chi connectivity index (χ0v) is 15.2. The van der Waals surface area contributed by atoms with Gasteiger partial charge in [-0.1, -0.05) is 41.9 Å². The Hall–Kier alpha value is -2.66. The summed E-state index contributed by atoms with van der Waals surface area (Å²) in [6, 6.07) is 15.1. The smallest absolute Gasteiger partial charge is 0.305 e. The van der Waals surface area contributed by atoms with E-state index >= 15 is 0 Å². The van der Waals surface area contributed by atoms with Gasteiger partial charge in [0.05, 0.1) is 18.5 Å². The third-order valence-electron chi connectivity index (χ3n) is 4.22. The van der Waals surface area contributed by atoms with Crippen molar-refractivity contribution in [2.45, 2.75) is 12.8 Å². The summed E-state index contributed by atoms with van der Waals surface area (Å²) in [7, 11) is 1.36. The molecule has 0 unspecified atom stereocenters. The van der Waals surface area contributed by atoms with Crippen molar-refractivity contribution < 1.29 is 14.3 Å². The highest BCUT2D eigenvalue weighted by Gasteiger charge is 2.25.